The van der Waals surface area contributed by atoms with E-state index in [4.69, 9.17) is 9.47 Å². The van der Waals surface area contributed by atoms with Crippen molar-refractivity contribution in [2.75, 3.05) is 23.9 Å². The van der Waals surface area contributed by atoms with E-state index in [1.54, 1.807) is 0 Å². The van der Waals surface area contributed by atoms with Crippen molar-refractivity contribution >= 4 is 43.2 Å². The van der Waals surface area contributed by atoms with Crippen molar-refractivity contribution in [3.05, 3.63) is 48.5 Å². The van der Waals surface area contributed by atoms with Crippen molar-refractivity contribution in [3.63, 3.8) is 0 Å². The molecular weight excluding hydrogens is 460 g/mol. The van der Waals surface area contributed by atoms with Gasteiger partial charge in [-0.15, -0.1) is 10.2 Å². The van der Waals surface area contributed by atoms with Crippen LogP contribution < -0.4 is 9.47 Å². The van der Waals surface area contributed by atoms with Crippen LogP contribution in [-0.4, -0.2) is 23.9 Å². The van der Waals surface area contributed by atoms with Crippen LogP contribution in [0.2, 0.25) is 0 Å². The predicted molar refractivity (Wildman–Crippen MR) is 114 cm³/mol. The van der Waals surface area contributed by atoms with Gasteiger partial charge < -0.3 is 9.47 Å². The number of rotatable bonds is 12. The normalized spacial score (nSPS) is 11.0. The van der Waals surface area contributed by atoms with Crippen LogP contribution in [0.15, 0.2) is 58.8 Å². The molecule has 0 aromatic heterocycles. The average Bonchev–Trinajstić information content (AvgIpc) is 2.68. The first-order chi connectivity index (χ1) is 12.8. The molecule has 0 fully saturated rings. The summed E-state index contributed by atoms with van der Waals surface area (Å²) in [6.45, 7) is 1.34. The van der Waals surface area contributed by atoms with Gasteiger partial charge in [0.05, 0.1) is 13.2 Å². The van der Waals surface area contributed by atoms with Gasteiger partial charge in [0.1, 0.15) is 22.9 Å². The fourth-order valence-corrected chi connectivity index (χ4v) is 2.98. The van der Waals surface area contributed by atoms with Gasteiger partial charge in [-0.25, -0.2) is 0 Å². The van der Waals surface area contributed by atoms with Crippen molar-refractivity contribution in [2.24, 2.45) is 10.2 Å². The number of nitrogens with zero attached hydrogens (tertiary/aromatic N) is 2. The monoisotopic (exact) mass is 482 g/mol. The van der Waals surface area contributed by atoms with Crippen LogP contribution in [0.25, 0.3) is 0 Å². The minimum absolute atomic E-state index is 0.672. The number of para-hydroxylation sites is 2. The van der Waals surface area contributed by atoms with E-state index in [9.17, 15) is 0 Å². The maximum Gasteiger partial charge on any atom is 0.146 e. The Hall–Kier alpha value is -1.40. The summed E-state index contributed by atoms with van der Waals surface area (Å²) >= 11 is 6.86. The first-order valence-electron chi connectivity index (χ1n) is 8.82. The highest BCUT2D eigenvalue weighted by Crippen LogP contribution is 2.32. The molecule has 0 aliphatic carbocycles. The molecule has 0 N–H and O–H groups in total. The quantitative estimate of drug-likeness (QED) is 0.182. The van der Waals surface area contributed by atoms with E-state index >= 15 is 0 Å². The van der Waals surface area contributed by atoms with Gasteiger partial charge in [-0.2, -0.15) is 0 Å². The van der Waals surface area contributed by atoms with Gasteiger partial charge in [0.25, 0.3) is 0 Å². The second kappa shape index (κ2) is 12.9. The lowest BCUT2D eigenvalue weighted by Crippen LogP contribution is -1.98. The molecule has 0 atom stereocenters. The van der Waals surface area contributed by atoms with Crippen LogP contribution in [0.1, 0.15) is 25.7 Å². The molecule has 0 heterocycles. The number of benzene rings is 2. The number of ether oxygens (including phenoxy) is 2. The Balaban J connectivity index is 2.03. The molecule has 0 aliphatic rings. The van der Waals surface area contributed by atoms with Crippen LogP contribution in [0.4, 0.5) is 11.4 Å². The van der Waals surface area contributed by atoms with Crippen LogP contribution in [0.3, 0.4) is 0 Å². The minimum atomic E-state index is 0.672. The van der Waals surface area contributed by atoms with Crippen LogP contribution in [-0.2, 0) is 0 Å². The number of alkyl halides is 2. The Labute approximate surface area is 172 Å². The van der Waals surface area contributed by atoms with Gasteiger partial charge in [-0.05, 0) is 49.9 Å². The Morgan fingerprint density at radius 2 is 1.04 bits per heavy atom. The van der Waals surface area contributed by atoms with E-state index in [1.807, 2.05) is 48.5 Å². The first-order valence-corrected chi connectivity index (χ1v) is 11.1. The summed E-state index contributed by atoms with van der Waals surface area (Å²) in [6.07, 6.45) is 4.18. The van der Waals surface area contributed by atoms with E-state index in [0.29, 0.717) is 13.2 Å². The van der Waals surface area contributed by atoms with Crippen molar-refractivity contribution in [1.82, 2.24) is 0 Å². The molecule has 26 heavy (non-hydrogen) atoms. The lowest BCUT2D eigenvalue weighted by atomic mass is 10.3. The van der Waals surface area contributed by atoms with E-state index in [-0.39, 0.29) is 0 Å². The maximum atomic E-state index is 5.84. The zero-order valence-corrected chi connectivity index (χ0v) is 17.9. The third-order valence-electron chi connectivity index (χ3n) is 3.57. The van der Waals surface area contributed by atoms with Crippen molar-refractivity contribution < 1.29 is 9.47 Å². The van der Waals surface area contributed by atoms with Gasteiger partial charge in [0.15, 0.2) is 0 Å². The van der Waals surface area contributed by atoms with E-state index < -0.39 is 0 Å². The standard InChI is InChI=1S/C20H24Br2N2O2/c21-13-5-7-15-25-19-11-3-1-9-17(19)23-24-18-10-2-4-12-20(18)26-16-8-6-14-22/h1-4,9-12H,5-8,13-16H2. The van der Waals surface area contributed by atoms with Crippen LogP contribution in [0.5, 0.6) is 11.5 Å². The highest BCUT2D eigenvalue weighted by molar-refractivity contribution is 9.09. The third kappa shape index (κ3) is 7.46. The summed E-state index contributed by atoms with van der Waals surface area (Å²) in [4.78, 5) is 0. The molecular formula is C20H24Br2N2O2. The van der Waals surface area contributed by atoms with Gasteiger partial charge in [-0.3, -0.25) is 0 Å². The highest BCUT2D eigenvalue weighted by Gasteiger charge is 2.05. The summed E-state index contributed by atoms with van der Waals surface area (Å²) in [5.41, 5.74) is 1.45. The van der Waals surface area contributed by atoms with E-state index in [1.165, 1.54) is 0 Å². The molecule has 2 rings (SSSR count). The zero-order valence-electron chi connectivity index (χ0n) is 14.7. The number of halogens is 2. The molecule has 140 valence electrons. The van der Waals surface area contributed by atoms with Gasteiger partial charge in [-0.1, -0.05) is 56.1 Å². The number of azo groups is 1. The first kappa shape index (κ1) is 20.9. The Bertz CT molecular complexity index is 623. The van der Waals surface area contributed by atoms with Gasteiger partial charge in [0, 0.05) is 10.7 Å². The maximum absolute atomic E-state index is 5.84. The number of hydrogen-bond acceptors (Lipinski definition) is 4. The molecule has 0 unspecified atom stereocenters. The molecule has 2 aromatic carbocycles. The second-order valence-corrected chi connectivity index (χ2v) is 7.21. The highest BCUT2D eigenvalue weighted by atomic mass is 79.9. The summed E-state index contributed by atoms with van der Waals surface area (Å²) in [5, 5.41) is 10.7. The Kier molecular flexibility index (Phi) is 10.4. The van der Waals surface area contributed by atoms with E-state index in [0.717, 1.165) is 59.2 Å². The van der Waals surface area contributed by atoms with Crippen molar-refractivity contribution in [2.45, 2.75) is 25.7 Å². The molecule has 0 spiro atoms. The molecule has 0 saturated carbocycles. The summed E-state index contributed by atoms with van der Waals surface area (Å²) in [6, 6.07) is 15.4. The summed E-state index contributed by atoms with van der Waals surface area (Å²) in [7, 11) is 0. The molecule has 0 aliphatic heterocycles. The summed E-state index contributed by atoms with van der Waals surface area (Å²) < 4.78 is 11.7. The Morgan fingerprint density at radius 3 is 1.46 bits per heavy atom. The largest absolute Gasteiger partial charge is 0.491 e. The van der Waals surface area contributed by atoms with Crippen LogP contribution >= 0.6 is 31.9 Å². The zero-order chi connectivity index (χ0) is 18.5. The van der Waals surface area contributed by atoms with Crippen molar-refractivity contribution in [3.8, 4) is 11.5 Å². The molecule has 0 saturated heterocycles. The number of hydrogen-bond donors (Lipinski definition) is 0. The fraction of sp³-hybridized carbons (Fsp3) is 0.400. The van der Waals surface area contributed by atoms with Gasteiger partial charge >= 0.3 is 0 Å². The molecule has 0 bridgehead atoms. The second-order valence-electron chi connectivity index (χ2n) is 5.62. The predicted octanol–water partition coefficient (Wildman–Crippen LogP) is 7.21. The molecule has 6 heteroatoms. The molecule has 2 aromatic rings. The minimum Gasteiger partial charge on any atom is -0.491 e. The summed E-state index contributed by atoms with van der Waals surface area (Å²) in [5.74, 6) is 1.50. The SMILES string of the molecule is BrCCCCOc1ccccc1N=Nc1ccccc1OCCCCBr. The molecule has 4 nitrogen and oxygen atoms in total. The fourth-order valence-electron chi connectivity index (χ4n) is 2.19. The molecule has 0 amide bonds. The Morgan fingerprint density at radius 1 is 0.615 bits per heavy atom. The van der Waals surface area contributed by atoms with Gasteiger partial charge in [0.2, 0.25) is 0 Å². The molecule has 0 radical (unpaired) electrons. The van der Waals surface area contributed by atoms with Crippen molar-refractivity contribution in [1.29, 1.82) is 0 Å². The average molecular weight is 484 g/mol. The van der Waals surface area contributed by atoms with Crippen LogP contribution in [0, 0.1) is 0 Å². The lowest BCUT2D eigenvalue weighted by Gasteiger charge is -2.09. The third-order valence-corrected chi connectivity index (χ3v) is 4.69. The van der Waals surface area contributed by atoms with E-state index in [2.05, 4.69) is 42.1 Å². The number of unbranched alkanes of at least 4 members (excludes halogenated alkanes) is 2. The smallest absolute Gasteiger partial charge is 0.146 e. The topological polar surface area (TPSA) is 43.2 Å². The lowest BCUT2D eigenvalue weighted by molar-refractivity contribution is 0.310.